The first-order chi connectivity index (χ1) is 14.6. The standard InChI is InChI=1S/C25H35FO4/c1-3-5-16-29-20-13-10-18(11-14-20)8-6-7-9-21-17-19-12-15-22(28-4-2)24(26)23(19)25(27)30-21/h12,15,17-18,20H,3-11,13-14,16H2,1-2H3. The van der Waals surface area contributed by atoms with Gasteiger partial charge in [-0.25, -0.2) is 9.18 Å². The molecule has 1 aliphatic carbocycles. The van der Waals surface area contributed by atoms with Gasteiger partial charge in [0.2, 0.25) is 0 Å². The molecule has 166 valence electrons. The topological polar surface area (TPSA) is 48.7 Å². The molecular formula is C25H35FO4. The van der Waals surface area contributed by atoms with Gasteiger partial charge in [-0.1, -0.05) is 32.3 Å². The number of aryl methyl sites for hydroxylation is 1. The third-order valence-electron chi connectivity index (χ3n) is 6.11. The summed E-state index contributed by atoms with van der Waals surface area (Å²) >= 11 is 0. The summed E-state index contributed by atoms with van der Waals surface area (Å²) in [5, 5.41) is 0.547. The molecule has 1 fully saturated rings. The Morgan fingerprint density at radius 1 is 1.10 bits per heavy atom. The molecule has 0 bridgehead atoms. The second-order valence-corrected chi connectivity index (χ2v) is 8.39. The lowest BCUT2D eigenvalue weighted by molar-refractivity contribution is 0.0157. The molecule has 0 saturated heterocycles. The molecule has 2 aromatic rings. The van der Waals surface area contributed by atoms with E-state index in [9.17, 15) is 9.18 Å². The van der Waals surface area contributed by atoms with Crippen molar-refractivity contribution in [3.63, 3.8) is 0 Å². The van der Waals surface area contributed by atoms with Gasteiger partial charge in [-0.2, -0.15) is 0 Å². The van der Waals surface area contributed by atoms with Gasteiger partial charge in [-0.3, -0.25) is 0 Å². The summed E-state index contributed by atoms with van der Waals surface area (Å²) in [6.07, 6.45) is 11.7. The van der Waals surface area contributed by atoms with Gasteiger partial charge in [-0.05, 0) is 68.9 Å². The average Bonchev–Trinajstić information content (AvgIpc) is 2.74. The van der Waals surface area contributed by atoms with Crippen molar-refractivity contribution in [2.24, 2.45) is 5.92 Å². The van der Waals surface area contributed by atoms with Crippen molar-refractivity contribution in [1.29, 1.82) is 0 Å². The van der Waals surface area contributed by atoms with Crippen molar-refractivity contribution in [2.75, 3.05) is 13.2 Å². The van der Waals surface area contributed by atoms with Crippen molar-refractivity contribution >= 4 is 10.8 Å². The molecule has 1 aromatic heterocycles. The highest BCUT2D eigenvalue weighted by Crippen LogP contribution is 2.30. The fraction of sp³-hybridized carbons (Fsp3) is 0.640. The molecule has 1 aliphatic rings. The smallest absolute Gasteiger partial charge is 0.346 e. The zero-order valence-corrected chi connectivity index (χ0v) is 18.4. The minimum atomic E-state index is -0.635. The molecule has 1 saturated carbocycles. The van der Waals surface area contributed by atoms with Crippen LogP contribution in [-0.4, -0.2) is 19.3 Å². The van der Waals surface area contributed by atoms with Crippen molar-refractivity contribution in [1.82, 2.24) is 0 Å². The SMILES string of the molecule is CCCCOC1CCC(CCCCc2cc3ccc(OCC)c(F)c3c(=O)o2)CC1. The van der Waals surface area contributed by atoms with Crippen molar-refractivity contribution in [3.05, 3.63) is 40.2 Å². The van der Waals surface area contributed by atoms with Crippen LogP contribution >= 0.6 is 0 Å². The van der Waals surface area contributed by atoms with Crippen LogP contribution in [0.5, 0.6) is 5.75 Å². The number of hydrogen-bond acceptors (Lipinski definition) is 4. The number of hydrogen-bond donors (Lipinski definition) is 0. The van der Waals surface area contributed by atoms with Gasteiger partial charge >= 0.3 is 5.63 Å². The number of rotatable bonds is 11. The third-order valence-corrected chi connectivity index (χ3v) is 6.11. The number of fused-ring (bicyclic) bond motifs is 1. The van der Waals surface area contributed by atoms with Crippen LogP contribution in [0.1, 0.15) is 77.4 Å². The van der Waals surface area contributed by atoms with E-state index in [1.54, 1.807) is 25.1 Å². The molecule has 5 heteroatoms. The molecule has 1 aromatic carbocycles. The Bertz CT molecular complexity index is 852. The monoisotopic (exact) mass is 418 g/mol. The van der Waals surface area contributed by atoms with Gasteiger partial charge < -0.3 is 13.9 Å². The highest BCUT2D eigenvalue weighted by atomic mass is 19.1. The van der Waals surface area contributed by atoms with Crippen molar-refractivity contribution in [3.8, 4) is 5.75 Å². The minimum absolute atomic E-state index is 0.0254. The average molecular weight is 419 g/mol. The minimum Gasteiger partial charge on any atom is -0.491 e. The van der Waals surface area contributed by atoms with Crippen molar-refractivity contribution in [2.45, 2.75) is 84.2 Å². The molecule has 0 atom stereocenters. The molecule has 3 rings (SSSR count). The van der Waals surface area contributed by atoms with Crippen molar-refractivity contribution < 1.29 is 18.3 Å². The summed E-state index contributed by atoms with van der Waals surface area (Å²) in [6, 6.07) is 5.09. The second kappa shape index (κ2) is 11.5. The summed E-state index contributed by atoms with van der Waals surface area (Å²) in [6.45, 7) is 5.22. The van der Waals surface area contributed by atoms with E-state index >= 15 is 0 Å². The Balaban J connectivity index is 1.45. The Morgan fingerprint density at radius 2 is 1.90 bits per heavy atom. The number of benzene rings is 1. The molecule has 0 amide bonds. The van der Waals surface area contributed by atoms with E-state index < -0.39 is 11.4 Å². The van der Waals surface area contributed by atoms with Crippen LogP contribution in [0, 0.1) is 11.7 Å². The maximum Gasteiger partial charge on any atom is 0.346 e. The Labute approximate surface area is 178 Å². The van der Waals surface area contributed by atoms with Gasteiger partial charge in [0, 0.05) is 13.0 Å². The summed E-state index contributed by atoms with van der Waals surface area (Å²) in [7, 11) is 0. The summed E-state index contributed by atoms with van der Waals surface area (Å²) in [5.41, 5.74) is -0.622. The maximum atomic E-state index is 14.5. The summed E-state index contributed by atoms with van der Waals surface area (Å²) < 4.78 is 31.1. The molecule has 0 radical (unpaired) electrons. The van der Waals surface area contributed by atoms with Crippen LogP contribution in [0.25, 0.3) is 10.8 Å². The van der Waals surface area contributed by atoms with E-state index in [4.69, 9.17) is 13.9 Å². The molecule has 0 N–H and O–H groups in total. The first kappa shape index (κ1) is 22.8. The Kier molecular flexibility index (Phi) is 8.74. The molecule has 1 heterocycles. The van der Waals surface area contributed by atoms with E-state index in [1.807, 2.05) is 0 Å². The lowest BCUT2D eigenvalue weighted by Gasteiger charge is -2.28. The van der Waals surface area contributed by atoms with Gasteiger partial charge in [0.25, 0.3) is 0 Å². The first-order valence-electron chi connectivity index (χ1n) is 11.6. The van der Waals surface area contributed by atoms with Gasteiger partial charge in [0.05, 0.1) is 12.7 Å². The van der Waals surface area contributed by atoms with Gasteiger partial charge in [-0.15, -0.1) is 0 Å². The van der Waals surface area contributed by atoms with Gasteiger partial charge in [0.1, 0.15) is 11.1 Å². The van der Waals surface area contributed by atoms with Crippen LogP contribution < -0.4 is 10.4 Å². The third kappa shape index (κ3) is 6.07. The fourth-order valence-electron chi connectivity index (χ4n) is 4.38. The quantitative estimate of drug-likeness (QED) is 0.395. The van der Waals surface area contributed by atoms with Crippen LogP contribution in [-0.2, 0) is 11.2 Å². The Hall–Kier alpha value is -1.88. The summed E-state index contributed by atoms with van der Waals surface area (Å²) in [4.78, 5) is 12.3. The van der Waals surface area contributed by atoms with Crippen LogP contribution in [0.4, 0.5) is 4.39 Å². The molecule has 0 unspecified atom stereocenters. The molecule has 0 spiro atoms. The van der Waals surface area contributed by atoms with E-state index in [2.05, 4.69) is 6.92 Å². The van der Waals surface area contributed by atoms with Crippen LogP contribution in [0.2, 0.25) is 0 Å². The normalized spacial score (nSPS) is 19.3. The fourth-order valence-corrected chi connectivity index (χ4v) is 4.38. The molecule has 4 nitrogen and oxygen atoms in total. The predicted octanol–water partition coefficient (Wildman–Crippen LogP) is 6.42. The molecule has 0 aliphatic heterocycles. The van der Waals surface area contributed by atoms with E-state index in [0.717, 1.165) is 31.8 Å². The molecule has 30 heavy (non-hydrogen) atoms. The van der Waals surface area contributed by atoms with E-state index in [0.29, 0.717) is 30.3 Å². The largest absolute Gasteiger partial charge is 0.491 e. The first-order valence-corrected chi connectivity index (χ1v) is 11.6. The summed E-state index contributed by atoms with van der Waals surface area (Å²) in [5.74, 6) is 0.870. The van der Waals surface area contributed by atoms with Crippen LogP contribution in [0.3, 0.4) is 0 Å². The van der Waals surface area contributed by atoms with E-state index in [-0.39, 0.29) is 11.1 Å². The highest BCUT2D eigenvalue weighted by Gasteiger charge is 2.21. The lowest BCUT2D eigenvalue weighted by atomic mass is 9.84. The van der Waals surface area contributed by atoms with Crippen LogP contribution in [0.15, 0.2) is 27.4 Å². The predicted molar refractivity (Wildman–Crippen MR) is 118 cm³/mol. The zero-order valence-electron chi connectivity index (χ0n) is 18.4. The number of halogens is 1. The zero-order chi connectivity index (χ0) is 21.3. The maximum absolute atomic E-state index is 14.5. The number of unbranched alkanes of at least 4 members (excludes halogenated alkanes) is 2. The number of ether oxygens (including phenoxy) is 2. The molecular weight excluding hydrogens is 383 g/mol. The second-order valence-electron chi connectivity index (χ2n) is 8.39. The van der Waals surface area contributed by atoms with E-state index in [1.165, 1.54) is 38.5 Å². The Morgan fingerprint density at radius 3 is 2.63 bits per heavy atom. The lowest BCUT2D eigenvalue weighted by Crippen LogP contribution is -2.22. The van der Waals surface area contributed by atoms with Gasteiger partial charge in [0.15, 0.2) is 11.6 Å². The highest BCUT2D eigenvalue weighted by molar-refractivity contribution is 5.83.